The van der Waals surface area contributed by atoms with Crippen LogP contribution in [0.4, 0.5) is 0 Å². The van der Waals surface area contributed by atoms with E-state index < -0.39 is 0 Å². The quantitative estimate of drug-likeness (QED) is 0.561. The molecule has 0 aromatic rings. The lowest BCUT2D eigenvalue weighted by atomic mass is 10.1. The van der Waals surface area contributed by atoms with Gasteiger partial charge >= 0.3 is 0 Å². The number of hydrogen-bond donors (Lipinski definition) is 1. The fraction of sp³-hybridized carbons (Fsp3) is 0.786. The normalized spacial score (nSPS) is 24.4. The second-order valence-corrected chi connectivity index (χ2v) is 5.44. The first-order chi connectivity index (χ1) is 8.70. The third kappa shape index (κ3) is 3.33. The molecule has 0 aromatic heterocycles. The maximum Gasteiger partial charge on any atom is 0.222 e. The highest BCUT2D eigenvalue weighted by molar-refractivity contribution is 5.78. The van der Waals surface area contributed by atoms with Crippen molar-refractivity contribution >= 4 is 5.91 Å². The van der Waals surface area contributed by atoms with Crippen LogP contribution >= 0.6 is 0 Å². The van der Waals surface area contributed by atoms with Crippen LogP contribution in [0.15, 0.2) is 12.2 Å². The molecule has 0 bridgehead atoms. The molecule has 0 spiro atoms. The molecule has 1 amide bonds. The summed E-state index contributed by atoms with van der Waals surface area (Å²) in [6.45, 7) is 12.2. The molecule has 4 nitrogen and oxygen atoms in total. The van der Waals surface area contributed by atoms with Gasteiger partial charge in [-0.05, 0) is 25.0 Å². The van der Waals surface area contributed by atoms with E-state index in [4.69, 9.17) is 0 Å². The smallest absolute Gasteiger partial charge is 0.222 e. The molecule has 2 aliphatic heterocycles. The van der Waals surface area contributed by atoms with Gasteiger partial charge in [-0.1, -0.05) is 13.5 Å². The number of carbonyl (C=O) groups excluding carboxylic acids is 1. The number of fused-ring (bicyclic) bond motifs is 1. The maximum absolute atomic E-state index is 11.6. The number of piperazine rings is 1. The van der Waals surface area contributed by atoms with E-state index in [1.807, 2.05) is 0 Å². The van der Waals surface area contributed by atoms with Gasteiger partial charge in [0.05, 0.1) is 0 Å². The number of nitrogens with one attached hydrogen (secondary N) is 1. The van der Waals surface area contributed by atoms with Crippen LogP contribution in [-0.4, -0.2) is 61.0 Å². The van der Waals surface area contributed by atoms with Crippen molar-refractivity contribution in [3.63, 3.8) is 0 Å². The van der Waals surface area contributed by atoms with Crippen molar-refractivity contribution < 1.29 is 4.79 Å². The molecule has 0 radical (unpaired) electrons. The Morgan fingerprint density at radius 3 is 3.11 bits per heavy atom. The summed E-state index contributed by atoms with van der Waals surface area (Å²) in [5.74, 6) is 0.350. The second kappa shape index (κ2) is 6.34. The highest BCUT2D eigenvalue weighted by Crippen LogP contribution is 2.22. The van der Waals surface area contributed by atoms with Gasteiger partial charge in [0, 0.05) is 45.2 Å². The van der Waals surface area contributed by atoms with Gasteiger partial charge in [-0.3, -0.25) is 9.69 Å². The van der Waals surface area contributed by atoms with Crippen LogP contribution in [0.5, 0.6) is 0 Å². The van der Waals surface area contributed by atoms with E-state index in [1.165, 1.54) is 5.57 Å². The van der Waals surface area contributed by atoms with Crippen molar-refractivity contribution in [1.29, 1.82) is 0 Å². The first kappa shape index (κ1) is 13.6. The van der Waals surface area contributed by atoms with Gasteiger partial charge in [-0.2, -0.15) is 0 Å². The molecule has 1 N–H and O–H groups in total. The minimum atomic E-state index is 0.350. The Morgan fingerprint density at radius 1 is 1.50 bits per heavy atom. The average molecular weight is 251 g/mol. The third-order valence-corrected chi connectivity index (χ3v) is 3.83. The molecule has 2 rings (SSSR count). The van der Waals surface area contributed by atoms with Crippen LogP contribution in [0.3, 0.4) is 0 Å². The van der Waals surface area contributed by atoms with Crippen LogP contribution in [0, 0.1) is 0 Å². The molecule has 1 unspecified atom stereocenters. The first-order valence-electron chi connectivity index (χ1n) is 7.10. The Balaban J connectivity index is 1.72. The van der Waals surface area contributed by atoms with Crippen molar-refractivity contribution in [1.82, 2.24) is 15.1 Å². The predicted octanol–water partition coefficient (Wildman–Crippen LogP) is 0.849. The highest BCUT2D eigenvalue weighted by Gasteiger charge is 2.35. The molecule has 18 heavy (non-hydrogen) atoms. The summed E-state index contributed by atoms with van der Waals surface area (Å²) in [4.78, 5) is 16.1. The Labute approximate surface area is 110 Å². The lowest BCUT2D eigenvalue weighted by Crippen LogP contribution is -2.51. The first-order valence-corrected chi connectivity index (χ1v) is 7.10. The van der Waals surface area contributed by atoms with Crippen molar-refractivity contribution in [3.8, 4) is 0 Å². The van der Waals surface area contributed by atoms with Gasteiger partial charge < -0.3 is 10.2 Å². The highest BCUT2D eigenvalue weighted by atomic mass is 16.2. The molecule has 2 fully saturated rings. The second-order valence-electron chi connectivity index (χ2n) is 5.44. The fourth-order valence-electron chi connectivity index (χ4n) is 2.89. The van der Waals surface area contributed by atoms with Crippen molar-refractivity contribution in [2.75, 3.05) is 39.3 Å². The van der Waals surface area contributed by atoms with E-state index in [0.717, 1.165) is 58.5 Å². The molecule has 102 valence electrons. The summed E-state index contributed by atoms with van der Waals surface area (Å²) in [5, 5.41) is 3.39. The molecular formula is C14H25N3O. The van der Waals surface area contributed by atoms with E-state index in [2.05, 4.69) is 28.6 Å². The molecule has 1 atom stereocenters. The van der Waals surface area contributed by atoms with E-state index in [0.29, 0.717) is 11.9 Å². The molecule has 0 saturated carbocycles. The molecule has 2 saturated heterocycles. The van der Waals surface area contributed by atoms with Gasteiger partial charge in [0.1, 0.15) is 0 Å². The molecular weight excluding hydrogens is 226 g/mol. The Bertz CT molecular complexity index is 316. The molecule has 2 aliphatic rings. The summed E-state index contributed by atoms with van der Waals surface area (Å²) >= 11 is 0. The molecule has 2 heterocycles. The summed E-state index contributed by atoms with van der Waals surface area (Å²) in [5.41, 5.74) is 1.25. The van der Waals surface area contributed by atoms with Crippen LogP contribution in [0.25, 0.3) is 0 Å². The lowest BCUT2D eigenvalue weighted by Gasteiger charge is -2.37. The molecule has 4 heteroatoms. The van der Waals surface area contributed by atoms with Crippen molar-refractivity contribution in [2.45, 2.75) is 32.2 Å². The fourth-order valence-corrected chi connectivity index (χ4v) is 2.89. The summed E-state index contributed by atoms with van der Waals surface area (Å²) in [6.07, 6.45) is 2.95. The number of hydrogen-bond acceptors (Lipinski definition) is 3. The third-order valence-electron chi connectivity index (χ3n) is 3.83. The molecule has 0 aliphatic carbocycles. The van der Waals surface area contributed by atoms with Gasteiger partial charge in [0.15, 0.2) is 0 Å². The van der Waals surface area contributed by atoms with Crippen LogP contribution in [-0.2, 0) is 4.79 Å². The average Bonchev–Trinajstić information content (AvgIpc) is 2.71. The Kier molecular flexibility index (Phi) is 4.78. The SMILES string of the molecule is C=C(CNCCC)CN1CCN2C(=O)CCC2C1. The van der Waals surface area contributed by atoms with Crippen molar-refractivity contribution in [2.24, 2.45) is 0 Å². The Morgan fingerprint density at radius 2 is 2.33 bits per heavy atom. The van der Waals surface area contributed by atoms with Gasteiger partial charge in [-0.15, -0.1) is 0 Å². The van der Waals surface area contributed by atoms with E-state index in [-0.39, 0.29) is 0 Å². The zero-order valence-electron chi connectivity index (χ0n) is 11.5. The maximum atomic E-state index is 11.6. The van der Waals surface area contributed by atoms with E-state index in [1.54, 1.807) is 0 Å². The lowest BCUT2D eigenvalue weighted by molar-refractivity contribution is -0.130. The zero-order valence-corrected chi connectivity index (χ0v) is 11.5. The predicted molar refractivity (Wildman–Crippen MR) is 73.5 cm³/mol. The zero-order chi connectivity index (χ0) is 13.0. The number of carbonyl (C=O) groups is 1. The van der Waals surface area contributed by atoms with Crippen LogP contribution in [0.1, 0.15) is 26.2 Å². The van der Waals surface area contributed by atoms with Gasteiger partial charge in [0.25, 0.3) is 0 Å². The minimum Gasteiger partial charge on any atom is -0.337 e. The van der Waals surface area contributed by atoms with E-state index >= 15 is 0 Å². The summed E-state index contributed by atoms with van der Waals surface area (Å²) in [6, 6.07) is 0.461. The van der Waals surface area contributed by atoms with Crippen LogP contribution in [0.2, 0.25) is 0 Å². The van der Waals surface area contributed by atoms with Crippen molar-refractivity contribution in [3.05, 3.63) is 12.2 Å². The van der Waals surface area contributed by atoms with E-state index in [9.17, 15) is 4.79 Å². The summed E-state index contributed by atoms with van der Waals surface area (Å²) < 4.78 is 0. The largest absolute Gasteiger partial charge is 0.337 e. The Hall–Kier alpha value is -0.870. The topological polar surface area (TPSA) is 35.6 Å². The van der Waals surface area contributed by atoms with Gasteiger partial charge in [-0.25, -0.2) is 0 Å². The number of nitrogens with zero attached hydrogens (tertiary/aromatic N) is 2. The molecule has 0 aromatic carbocycles. The van der Waals surface area contributed by atoms with Crippen LogP contribution < -0.4 is 5.32 Å². The van der Waals surface area contributed by atoms with Gasteiger partial charge in [0.2, 0.25) is 5.91 Å². The number of amides is 1. The minimum absolute atomic E-state index is 0.350. The monoisotopic (exact) mass is 251 g/mol. The number of rotatable bonds is 6. The standard InChI is InChI=1S/C14H25N3O/c1-3-6-15-9-12(2)10-16-7-8-17-13(11-16)4-5-14(17)18/h13,15H,2-11H2,1H3. The summed E-state index contributed by atoms with van der Waals surface area (Å²) in [7, 11) is 0.